The first-order valence-corrected chi connectivity index (χ1v) is 7.64. The Bertz CT molecular complexity index is 551. The number of rotatable bonds is 4. The van der Waals surface area contributed by atoms with Crippen molar-refractivity contribution in [1.29, 1.82) is 0 Å². The van der Waals surface area contributed by atoms with E-state index in [0.29, 0.717) is 0 Å². The van der Waals surface area contributed by atoms with Gasteiger partial charge >= 0.3 is 5.69 Å². The van der Waals surface area contributed by atoms with Crippen LogP contribution in [0, 0.1) is 10.1 Å². The van der Waals surface area contributed by atoms with Gasteiger partial charge in [0.15, 0.2) is 11.9 Å². The summed E-state index contributed by atoms with van der Waals surface area (Å²) in [5.41, 5.74) is -0.123. The second kappa shape index (κ2) is 6.77. The van der Waals surface area contributed by atoms with Gasteiger partial charge < -0.3 is 9.64 Å². The summed E-state index contributed by atoms with van der Waals surface area (Å²) in [5.74, 6) is 0.0171. The quantitative estimate of drug-likeness (QED) is 0.632. The summed E-state index contributed by atoms with van der Waals surface area (Å²) in [6.07, 6.45) is 2.33. The van der Waals surface area contributed by atoms with Crippen molar-refractivity contribution in [3.63, 3.8) is 0 Å². The van der Waals surface area contributed by atoms with E-state index in [4.69, 9.17) is 4.74 Å². The number of piperidine rings is 1. The number of benzene rings is 1. The summed E-state index contributed by atoms with van der Waals surface area (Å²) < 4.78 is 5.59. The van der Waals surface area contributed by atoms with E-state index in [9.17, 15) is 14.9 Å². The lowest BCUT2D eigenvalue weighted by Gasteiger charge is -2.40. The molecule has 0 radical (unpaired) electrons. The summed E-state index contributed by atoms with van der Waals surface area (Å²) in [6.45, 7) is 5.71. The van der Waals surface area contributed by atoms with Gasteiger partial charge in [0, 0.05) is 18.2 Å². The van der Waals surface area contributed by atoms with Crippen LogP contribution in [0.3, 0.4) is 0 Å². The van der Waals surface area contributed by atoms with Crippen molar-refractivity contribution in [2.45, 2.75) is 58.2 Å². The number of nitrogens with zero attached hydrogens (tertiary/aromatic N) is 2. The first kappa shape index (κ1) is 16.3. The lowest BCUT2D eigenvalue weighted by atomic mass is 9.97. The SMILES string of the molecule is C[C@@H]1CCC[C@@H](C)N1C(=O)[C@@H](C)Oc1ccccc1[N+](=O)[O-]. The number of hydrogen-bond acceptors (Lipinski definition) is 4. The molecule has 1 aromatic rings. The van der Waals surface area contributed by atoms with Crippen molar-refractivity contribution in [3.05, 3.63) is 34.4 Å². The minimum atomic E-state index is -0.746. The molecule has 0 aromatic heterocycles. The van der Waals surface area contributed by atoms with Crippen LogP contribution in [0.2, 0.25) is 0 Å². The van der Waals surface area contributed by atoms with E-state index in [0.717, 1.165) is 19.3 Å². The van der Waals surface area contributed by atoms with Crippen LogP contribution in [0.4, 0.5) is 5.69 Å². The summed E-state index contributed by atoms with van der Waals surface area (Å²) in [6, 6.07) is 6.47. The highest BCUT2D eigenvalue weighted by Gasteiger charge is 2.33. The lowest BCUT2D eigenvalue weighted by Crippen LogP contribution is -2.51. The summed E-state index contributed by atoms with van der Waals surface area (Å²) >= 11 is 0. The molecular formula is C16H22N2O4. The van der Waals surface area contributed by atoms with Crippen LogP contribution < -0.4 is 4.74 Å². The molecule has 0 N–H and O–H groups in total. The molecule has 1 aliphatic heterocycles. The molecule has 1 heterocycles. The fraction of sp³-hybridized carbons (Fsp3) is 0.562. The molecule has 0 spiro atoms. The van der Waals surface area contributed by atoms with Gasteiger partial charge in [-0.05, 0) is 46.1 Å². The van der Waals surface area contributed by atoms with Crippen molar-refractivity contribution in [1.82, 2.24) is 4.90 Å². The van der Waals surface area contributed by atoms with Crippen molar-refractivity contribution in [2.75, 3.05) is 0 Å². The van der Waals surface area contributed by atoms with E-state index >= 15 is 0 Å². The minimum Gasteiger partial charge on any atom is -0.474 e. The molecular weight excluding hydrogens is 284 g/mol. The summed E-state index contributed by atoms with van der Waals surface area (Å²) in [7, 11) is 0. The zero-order chi connectivity index (χ0) is 16.3. The molecule has 6 nitrogen and oxygen atoms in total. The van der Waals surface area contributed by atoms with Gasteiger partial charge in [-0.3, -0.25) is 14.9 Å². The van der Waals surface area contributed by atoms with Crippen LogP contribution >= 0.6 is 0 Å². The predicted molar refractivity (Wildman–Crippen MR) is 82.8 cm³/mol. The maximum Gasteiger partial charge on any atom is 0.310 e. The standard InChI is InChI=1S/C16H22N2O4/c1-11-7-6-8-12(2)17(11)16(19)13(3)22-15-10-5-4-9-14(15)18(20)21/h4-5,9-13H,6-8H2,1-3H3/t11-,12-,13-/m1/s1. The Hall–Kier alpha value is -2.11. The number of likely N-dealkylation sites (tertiary alicyclic amines) is 1. The molecule has 2 rings (SSSR count). The topological polar surface area (TPSA) is 72.7 Å². The Labute approximate surface area is 130 Å². The monoisotopic (exact) mass is 306 g/mol. The Balaban J connectivity index is 2.13. The van der Waals surface area contributed by atoms with Crippen LogP contribution in [0.1, 0.15) is 40.0 Å². The van der Waals surface area contributed by atoms with E-state index in [1.807, 2.05) is 18.7 Å². The first-order valence-electron chi connectivity index (χ1n) is 7.64. The van der Waals surface area contributed by atoms with E-state index in [1.54, 1.807) is 19.1 Å². The molecule has 1 aromatic carbocycles. The zero-order valence-corrected chi connectivity index (χ0v) is 13.2. The molecule has 1 fully saturated rings. The number of nitro benzene ring substituents is 1. The first-order chi connectivity index (χ1) is 10.4. The number of ether oxygens (including phenoxy) is 1. The number of nitro groups is 1. The second-order valence-electron chi connectivity index (χ2n) is 5.86. The van der Waals surface area contributed by atoms with Gasteiger partial charge in [0.05, 0.1) is 4.92 Å². The molecule has 1 aliphatic rings. The van der Waals surface area contributed by atoms with E-state index in [-0.39, 0.29) is 29.4 Å². The van der Waals surface area contributed by atoms with Crippen LogP contribution in [-0.2, 0) is 4.79 Å². The third-order valence-corrected chi connectivity index (χ3v) is 4.16. The van der Waals surface area contributed by atoms with Gasteiger partial charge in [-0.15, -0.1) is 0 Å². The molecule has 120 valence electrons. The maximum absolute atomic E-state index is 12.6. The highest BCUT2D eigenvalue weighted by Crippen LogP contribution is 2.28. The van der Waals surface area contributed by atoms with Crippen LogP contribution in [0.15, 0.2) is 24.3 Å². The summed E-state index contributed by atoms with van der Waals surface area (Å²) in [4.78, 5) is 25.0. The van der Waals surface area contributed by atoms with Crippen molar-refractivity contribution < 1.29 is 14.5 Å². The van der Waals surface area contributed by atoms with Gasteiger partial charge in [-0.2, -0.15) is 0 Å². The highest BCUT2D eigenvalue weighted by molar-refractivity contribution is 5.81. The molecule has 22 heavy (non-hydrogen) atoms. The largest absolute Gasteiger partial charge is 0.474 e. The predicted octanol–water partition coefficient (Wildman–Crippen LogP) is 3.15. The van der Waals surface area contributed by atoms with Crippen molar-refractivity contribution in [2.24, 2.45) is 0 Å². The molecule has 0 unspecified atom stereocenters. The molecule has 0 aliphatic carbocycles. The molecule has 3 atom stereocenters. The average molecular weight is 306 g/mol. The van der Waals surface area contributed by atoms with Gasteiger partial charge in [0.25, 0.3) is 5.91 Å². The smallest absolute Gasteiger partial charge is 0.310 e. The second-order valence-corrected chi connectivity index (χ2v) is 5.86. The third kappa shape index (κ3) is 3.37. The van der Waals surface area contributed by atoms with Gasteiger partial charge in [-0.1, -0.05) is 12.1 Å². The highest BCUT2D eigenvalue weighted by atomic mass is 16.6. The number of para-hydroxylation sites is 2. The Morgan fingerprint density at radius 3 is 2.50 bits per heavy atom. The minimum absolute atomic E-state index is 0.113. The van der Waals surface area contributed by atoms with Gasteiger partial charge in [0.1, 0.15) is 0 Å². The van der Waals surface area contributed by atoms with E-state index in [1.165, 1.54) is 12.1 Å². The fourth-order valence-corrected chi connectivity index (χ4v) is 3.01. The number of carbonyl (C=O) groups is 1. The lowest BCUT2D eigenvalue weighted by molar-refractivity contribution is -0.386. The van der Waals surface area contributed by atoms with E-state index < -0.39 is 11.0 Å². The van der Waals surface area contributed by atoms with Crippen LogP contribution in [0.25, 0.3) is 0 Å². The fourth-order valence-electron chi connectivity index (χ4n) is 3.01. The van der Waals surface area contributed by atoms with Gasteiger partial charge in [-0.25, -0.2) is 0 Å². The molecule has 1 saturated heterocycles. The van der Waals surface area contributed by atoms with Gasteiger partial charge in [0.2, 0.25) is 0 Å². The average Bonchev–Trinajstić information content (AvgIpc) is 2.47. The molecule has 0 bridgehead atoms. The Kier molecular flexibility index (Phi) is 5.00. The Morgan fingerprint density at radius 2 is 1.91 bits per heavy atom. The molecule has 6 heteroatoms. The normalized spacial score (nSPS) is 23.0. The number of hydrogen-bond donors (Lipinski definition) is 0. The number of amides is 1. The third-order valence-electron chi connectivity index (χ3n) is 4.16. The van der Waals surface area contributed by atoms with Crippen LogP contribution in [-0.4, -0.2) is 33.9 Å². The maximum atomic E-state index is 12.6. The zero-order valence-electron chi connectivity index (χ0n) is 13.2. The molecule has 1 amide bonds. The van der Waals surface area contributed by atoms with E-state index in [2.05, 4.69) is 0 Å². The summed E-state index contributed by atoms with van der Waals surface area (Å²) in [5, 5.41) is 11.0. The van der Waals surface area contributed by atoms with Crippen molar-refractivity contribution in [3.8, 4) is 5.75 Å². The Morgan fingerprint density at radius 1 is 1.32 bits per heavy atom. The van der Waals surface area contributed by atoms with Crippen molar-refractivity contribution >= 4 is 11.6 Å². The van der Waals surface area contributed by atoms with Crippen LogP contribution in [0.5, 0.6) is 5.75 Å². The molecule has 0 saturated carbocycles. The number of carbonyl (C=O) groups excluding carboxylic acids is 1.